The molecule has 0 aromatic heterocycles. The first-order valence-corrected chi connectivity index (χ1v) is 3.44. The highest BCUT2D eigenvalue weighted by Gasteiger charge is 2.02. The number of carbonyl (C=O) groups excluding carboxylic acids is 1. The molecule has 0 spiro atoms. The molecule has 0 radical (unpaired) electrons. The lowest BCUT2D eigenvalue weighted by Crippen LogP contribution is -2.41. The third kappa shape index (κ3) is 3.29. The van der Waals surface area contributed by atoms with Crippen LogP contribution in [0.5, 0.6) is 0 Å². The highest BCUT2D eigenvalue weighted by Crippen LogP contribution is 1.90. The SMILES string of the molecule is CCCCN(C)C(=O)NN. The second-order valence-corrected chi connectivity index (χ2v) is 2.22. The molecule has 3 N–H and O–H groups in total. The van der Waals surface area contributed by atoms with Gasteiger partial charge in [-0.05, 0) is 6.42 Å². The highest BCUT2D eigenvalue weighted by molar-refractivity contribution is 5.72. The van der Waals surface area contributed by atoms with E-state index in [0.717, 1.165) is 19.4 Å². The lowest BCUT2D eigenvalue weighted by molar-refractivity contribution is 0.208. The predicted octanol–water partition coefficient (Wildman–Crippen LogP) is 0.302. The van der Waals surface area contributed by atoms with E-state index in [1.807, 2.05) is 0 Å². The highest BCUT2D eigenvalue weighted by atomic mass is 16.2. The van der Waals surface area contributed by atoms with E-state index in [0.29, 0.717) is 0 Å². The maximum Gasteiger partial charge on any atom is 0.331 e. The summed E-state index contributed by atoms with van der Waals surface area (Å²) in [5.74, 6) is 4.90. The van der Waals surface area contributed by atoms with Crippen molar-refractivity contribution in [1.82, 2.24) is 10.3 Å². The Bertz CT molecular complexity index is 105. The summed E-state index contributed by atoms with van der Waals surface area (Å²) in [6.45, 7) is 2.84. The second kappa shape index (κ2) is 5.05. The van der Waals surface area contributed by atoms with Crippen LogP contribution < -0.4 is 11.3 Å². The van der Waals surface area contributed by atoms with Crippen LogP contribution in [0.1, 0.15) is 19.8 Å². The third-order valence-electron chi connectivity index (χ3n) is 1.32. The smallest absolute Gasteiger partial charge is 0.327 e. The summed E-state index contributed by atoms with van der Waals surface area (Å²) in [4.78, 5) is 12.3. The van der Waals surface area contributed by atoms with E-state index in [2.05, 4.69) is 12.3 Å². The van der Waals surface area contributed by atoms with Gasteiger partial charge in [-0.25, -0.2) is 10.6 Å². The van der Waals surface area contributed by atoms with Crippen LogP contribution in [0, 0.1) is 0 Å². The molecular formula is C6H15N3O. The van der Waals surface area contributed by atoms with E-state index in [-0.39, 0.29) is 6.03 Å². The normalized spacial score (nSPS) is 9.10. The van der Waals surface area contributed by atoms with Gasteiger partial charge in [0, 0.05) is 13.6 Å². The molecule has 0 saturated heterocycles. The zero-order valence-corrected chi connectivity index (χ0v) is 6.55. The molecular weight excluding hydrogens is 130 g/mol. The first-order chi connectivity index (χ1) is 4.72. The maximum absolute atomic E-state index is 10.7. The zero-order valence-electron chi connectivity index (χ0n) is 6.55. The van der Waals surface area contributed by atoms with E-state index < -0.39 is 0 Å². The van der Waals surface area contributed by atoms with Crippen molar-refractivity contribution in [1.29, 1.82) is 0 Å². The van der Waals surface area contributed by atoms with Crippen molar-refractivity contribution in [2.24, 2.45) is 5.84 Å². The zero-order chi connectivity index (χ0) is 7.98. The molecule has 2 amide bonds. The molecule has 0 fully saturated rings. The van der Waals surface area contributed by atoms with Crippen LogP contribution in [0.2, 0.25) is 0 Å². The summed E-state index contributed by atoms with van der Waals surface area (Å²) >= 11 is 0. The molecule has 0 aliphatic rings. The summed E-state index contributed by atoms with van der Waals surface area (Å²) in [6.07, 6.45) is 2.10. The lowest BCUT2D eigenvalue weighted by atomic mass is 10.3. The molecule has 10 heavy (non-hydrogen) atoms. The number of nitrogens with one attached hydrogen (secondary N) is 1. The number of hydrazine groups is 1. The molecule has 0 bridgehead atoms. The van der Waals surface area contributed by atoms with Crippen LogP contribution in [0.15, 0.2) is 0 Å². The van der Waals surface area contributed by atoms with Gasteiger partial charge >= 0.3 is 6.03 Å². The predicted molar refractivity (Wildman–Crippen MR) is 40.3 cm³/mol. The van der Waals surface area contributed by atoms with Crippen molar-refractivity contribution in [3.05, 3.63) is 0 Å². The fraction of sp³-hybridized carbons (Fsp3) is 0.833. The Labute approximate surface area is 61.3 Å². The first-order valence-electron chi connectivity index (χ1n) is 3.44. The Morgan fingerprint density at radius 1 is 1.70 bits per heavy atom. The number of amides is 2. The third-order valence-corrected chi connectivity index (χ3v) is 1.32. The summed E-state index contributed by atoms with van der Waals surface area (Å²) in [5.41, 5.74) is 2.06. The van der Waals surface area contributed by atoms with Gasteiger partial charge in [-0.3, -0.25) is 5.43 Å². The van der Waals surface area contributed by atoms with Gasteiger partial charge in [0.05, 0.1) is 0 Å². The fourth-order valence-corrected chi connectivity index (χ4v) is 0.607. The maximum atomic E-state index is 10.7. The largest absolute Gasteiger partial charge is 0.331 e. The quantitative estimate of drug-likeness (QED) is 0.341. The van der Waals surface area contributed by atoms with Crippen LogP contribution in [-0.4, -0.2) is 24.5 Å². The van der Waals surface area contributed by atoms with Crippen LogP contribution in [0.4, 0.5) is 4.79 Å². The van der Waals surface area contributed by atoms with Gasteiger partial charge in [-0.1, -0.05) is 13.3 Å². The van der Waals surface area contributed by atoms with Gasteiger partial charge in [0.2, 0.25) is 0 Å². The van der Waals surface area contributed by atoms with Crippen LogP contribution in [0.3, 0.4) is 0 Å². The van der Waals surface area contributed by atoms with Crippen LogP contribution in [0.25, 0.3) is 0 Å². The number of nitrogens with zero attached hydrogens (tertiary/aromatic N) is 1. The number of hydrogen-bond donors (Lipinski definition) is 2. The van der Waals surface area contributed by atoms with Gasteiger partial charge in [0.1, 0.15) is 0 Å². The molecule has 0 aromatic rings. The molecule has 0 unspecified atom stereocenters. The minimum absolute atomic E-state index is 0.228. The molecule has 0 heterocycles. The van der Waals surface area contributed by atoms with Crippen molar-refractivity contribution in [3.8, 4) is 0 Å². The minimum atomic E-state index is -0.228. The fourth-order valence-electron chi connectivity index (χ4n) is 0.607. The number of rotatable bonds is 3. The first kappa shape index (κ1) is 9.23. The molecule has 0 atom stereocenters. The monoisotopic (exact) mass is 145 g/mol. The Morgan fingerprint density at radius 2 is 2.30 bits per heavy atom. The number of unbranched alkanes of at least 4 members (excludes halogenated alkanes) is 1. The Morgan fingerprint density at radius 3 is 2.70 bits per heavy atom. The molecule has 4 nitrogen and oxygen atoms in total. The Hall–Kier alpha value is -0.770. The molecule has 0 aliphatic carbocycles. The molecule has 0 rings (SSSR count). The summed E-state index contributed by atoms with van der Waals surface area (Å²) in [6, 6.07) is -0.228. The van der Waals surface area contributed by atoms with Crippen molar-refractivity contribution in [2.45, 2.75) is 19.8 Å². The van der Waals surface area contributed by atoms with E-state index >= 15 is 0 Å². The van der Waals surface area contributed by atoms with Gasteiger partial charge in [-0.15, -0.1) is 0 Å². The second-order valence-electron chi connectivity index (χ2n) is 2.22. The van der Waals surface area contributed by atoms with Gasteiger partial charge < -0.3 is 4.90 Å². The molecule has 60 valence electrons. The van der Waals surface area contributed by atoms with E-state index in [1.165, 1.54) is 0 Å². The summed E-state index contributed by atoms with van der Waals surface area (Å²) < 4.78 is 0. The van der Waals surface area contributed by atoms with Gasteiger partial charge in [-0.2, -0.15) is 0 Å². The molecule has 0 saturated carbocycles. The van der Waals surface area contributed by atoms with Crippen molar-refractivity contribution in [2.75, 3.05) is 13.6 Å². The molecule has 4 heteroatoms. The van der Waals surface area contributed by atoms with Gasteiger partial charge in [0.25, 0.3) is 0 Å². The van der Waals surface area contributed by atoms with Crippen LogP contribution in [-0.2, 0) is 0 Å². The molecule has 0 aliphatic heterocycles. The average Bonchev–Trinajstić information content (AvgIpc) is 1.98. The minimum Gasteiger partial charge on any atom is -0.327 e. The number of carbonyl (C=O) groups is 1. The summed E-state index contributed by atoms with van der Waals surface area (Å²) in [7, 11) is 1.72. The standard InChI is InChI=1S/C6H15N3O/c1-3-4-5-9(2)6(10)8-7/h3-5,7H2,1-2H3,(H,8,10). The van der Waals surface area contributed by atoms with Crippen molar-refractivity contribution < 1.29 is 4.79 Å². The van der Waals surface area contributed by atoms with E-state index in [9.17, 15) is 4.79 Å². The van der Waals surface area contributed by atoms with Crippen molar-refractivity contribution >= 4 is 6.03 Å². The number of hydrogen-bond acceptors (Lipinski definition) is 2. The average molecular weight is 145 g/mol. The van der Waals surface area contributed by atoms with Crippen molar-refractivity contribution in [3.63, 3.8) is 0 Å². The van der Waals surface area contributed by atoms with Crippen LogP contribution >= 0.6 is 0 Å². The van der Waals surface area contributed by atoms with E-state index in [4.69, 9.17) is 5.84 Å². The number of urea groups is 1. The number of nitrogens with two attached hydrogens (primary N) is 1. The molecule has 0 aromatic carbocycles. The van der Waals surface area contributed by atoms with Gasteiger partial charge in [0.15, 0.2) is 0 Å². The Balaban J connectivity index is 3.41. The Kier molecular flexibility index (Phi) is 4.66. The lowest BCUT2D eigenvalue weighted by Gasteiger charge is -2.14. The topological polar surface area (TPSA) is 58.4 Å². The van der Waals surface area contributed by atoms with E-state index in [1.54, 1.807) is 11.9 Å². The summed E-state index contributed by atoms with van der Waals surface area (Å²) in [5, 5.41) is 0.